The lowest BCUT2D eigenvalue weighted by atomic mass is 9.67. The first-order chi connectivity index (χ1) is 9.86. The van der Waals surface area contributed by atoms with Crippen LogP contribution < -0.4 is 0 Å². The minimum Gasteiger partial charge on any atom is -0.403 e. The molecule has 1 atom stereocenters. The maximum atomic E-state index is 6.20. The van der Waals surface area contributed by atoms with E-state index in [4.69, 9.17) is 9.31 Å². The van der Waals surface area contributed by atoms with Crippen LogP contribution in [-0.4, -0.2) is 18.3 Å². The lowest BCUT2D eigenvalue weighted by molar-refractivity contribution is 0.00578. The second-order valence-corrected chi connectivity index (χ2v) is 6.93. The molecule has 1 aromatic carbocycles. The van der Waals surface area contributed by atoms with Gasteiger partial charge in [-0.1, -0.05) is 36.4 Å². The monoisotopic (exact) mass is 286 g/mol. The third-order valence-corrected chi connectivity index (χ3v) is 4.77. The van der Waals surface area contributed by atoms with Crippen LogP contribution in [0.3, 0.4) is 0 Å². The van der Waals surface area contributed by atoms with E-state index in [0.29, 0.717) is 5.82 Å². The first kappa shape index (κ1) is 16.3. The van der Waals surface area contributed by atoms with Crippen LogP contribution in [0, 0.1) is 0 Å². The van der Waals surface area contributed by atoms with E-state index < -0.39 is 0 Å². The van der Waals surface area contributed by atoms with Crippen LogP contribution in [0.2, 0.25) is 5.82 Å². The molecule has 1 aliphatic heterocycles. The zero-order valence-corrected chi connectivity index (χ0v) is 13.8. The van der Waals surface area contributed by atoms with Crippen LogP contribution >= 0.6 is 0 Å². The summed E-state index contributed by atoms with van der Waals surface area (Å²) in [5, 5.41) is 0. The molecule has 0 radical (unpaired) electrons. The molecule has 3 heteroatoms. The van der Waals surface area contributed by atoms with Gasteiger partial charge in [-0.2, -0.15) is 0 Å². The van der Waals surface area contributed by atoms with Crippen molar-refractivity contribution in [2.45, 2.75) is 64.0 Å². The van der Waals surface area contributed by atoms with E-state index in [1.165, 1.54) is 5.56 Å². The largest absolute Gasteiger partial charge is 0.461 e. The molecule has 1 aliphatic rings. The molecule has 2 nitrogen and oxygen atoms in total. The van der Waals surface area contributed by atoms with Gasteiger partial charge < -0.3 is 9.31 Å². The Hall–Kier alpha value is -1.06. The van der Waals surface area contributed by atoms with E-state index in [-0.39, 0.29) is 18.3 Å². The van der Waals surface area contributed by atoms with Crippen LogP contribution in [0.5, 0.6) is 0 Å². The van der Waals surface area contributed by atoms with Gasteiger partial charge in [0, 0.05) is 0 Å². The standard InChI is InChI=1S/C18H27BO2/c1-6-10-16(14-13-15-11-8-7-9-12-15)19-20-17(2,3)18(4,5)21-19/h6-9,11-12,16H,1,10,13-14H2,2-5H3/t16-/m1/s1. The first-order valence-electron chi connectivity index (χ1n) is 7.86. The van der Waals surface area contributed by atoms with Crippen LogP contribution in [0.25, 0.3) is 0 Å². The summed E-state index contributed by atoms with van der Waals surface area (Å²) in [5.41, 5.74) is 0.844. The molecule has 0 spiro atoms. The average Bonchev–Trinajstić information content (AvgIpc) is 2.64. The lowest BCUT2D eigenvalue weighted by Crippen LogP contribution is -2.41. The molecule has 0 saturated carbocycles. The second-order valence-electron chi connectivity index (χ2n) is 6.93. The Morgan fingerprint density at radius 1 is 1.10 bits per heavy atom. The Bertz CT molecular complexity index is 451. The maximum Gasteiger partial charge on any atom is 0.461 e. The summed E-state index contributed by atoms with van der Waals surface area (Å²) >= 11 is 0. The predicted octanol–water partition coefficient (Wildman–Crippen LogP) is 4.66. The molecule has 2 rings (SSSR count). The average molecular weight is 286 g/mol. The van der Waals surface area contributed by atoms with Crippen molar-refractivity contribution in [3.05, 3.63) is 48.6 Å². The fourth-order valence-electron chi connectivity index (χ4n) is 2.66. The van der Waals surface area contributed by atoms with Gasteiger partial charge in [-0.3, -0.25) is 0 Å². The van der Waals surface area contributed by atoms with E-state index in [1.54, 1.807) is 0 Å². The molecule has 0 N–H and O–H groups in total. The SMILES string of the molecule is C=CC[C@H](CCc1ccccc1)B1OC(C)(C)C(C)(C)O1. The number of allylic oxidation sites excluding steroid dienone is 1. The van der Waals surface area contributed by atoms with Crippen LogP contribution in [0.1, 0.15) is 46.1 Å². The van der Waals surface area contributed by atoms with Crippen LogP contribution in [0.15, 0.2) is 43.0 Å². The molecule has 1 fully saturated rings. The molecule has 0 bridgehead atoms. The van der Waals surface area contributed by atoms with Crippen molar-refractivity contribution in [3.8, 4) is 0 Å². The molecule has 1 aromatic rings. The van der Waals surface area contributed by atoms with Gasteiger partial charge in [-0.15, -0.1) is 6.58 Å². The fraction of sp³-hybridized carbons (Fsp3) is 0.556. The van der Waals surface area contributed by atoms with Crippen molar-refractivity contribution in [1.29, 1.82) is 0 Å². The topological polar surface area (TPSA) is 18.5 Å². The van der Waals surface area contributed by atoms with Crippen molar-refractivity contribution in [1.82, 2.24) is 0 Å². The lowest BCUT2D eigenvalue weighted by Gasteiger charge is -2.32. The summed E-state index contributed by atoms with van der Waals surface area (Å²) in [7, 11) is -0.142. The van der Waals surface area contributed by atoms with Crippen molar-refractivity contribution >= 4 is 7.12 Å². The summed E-state index contributed by atoms with van der Waals surface area (Å²) in [6.07, 6.45) is 4.99. The number of aryl methyl sites for hydroxylation is 1. The molecule has 0 aromatic heterocycles. The van der Waals surface area contributed by atoms with Gasteiger partial charge >= 0.3 is 7.12 Å². The summed E-state index contributed by atoms with van der Waals surface area (Å²) in [6, 6.07) is 10.6. The van der Waals surface area contributed by atoms with Gasteiger partial charge in [-0.05, 0) is 58.3 Å². The van der Waals surface area contributed by atoms with Gasteiger partial charge in [0.25, 0.3) is 0 Å². The number of hydrogen-bond donors (Lipinski definition) is 0. The zero-order valence-electron chi connectivity index (χ0n) is 13.8. The summed E-state index contributed by atoms with van der Waals surface area (Å²) in [5.74, 6) is 0.351. The number of hydrogen-bond acceptors (Lipinski definition) is 2. The maximum absolute atomic E-state index is 6.20. The molecule has 1 saturated heterocycles. The minimum absolute atomic E-state index is 0.142. The molecule has 0 aliphatic carbocycles. The quantitative estimate of drug-likeness (QED) is 0.559. The molecule has 1 heterocycles. The summed E-state index contributed by atoms with van der Waals surface area (Å²) in [4.78, 5) is 0. The molecule has 0 unspecified atom stereocenters. The van der Waals surface area contributed by atoms with E-state index in [1.807, 2.05) is 6.08 Å². The Morgan fingerprint density at radius 2 is 1.67 bits per heavy atom. The van der Waals surface area contributed by atoms with E-state index in [0.717, 1.165) is 19.3 Å². The molecule has 0 amide bonds. The Morgan fingerprint density at radius 3 is 2.19 bits per heavy atom. The molecule has 114 valence electrons. The highest BCUT2D eigenvalue weighted by atomic mass is 16.7. The Balaban J connectivity index is 2.01. The highest BCUT2D eigenvalue weighted by Gasteiger charge is 2.53. The van der Waals surface area contributed by atoms with Crippen molar-refractivity contribution < 1.29 is 9.31 Å². The number of benzene rings is 1. The predicted molar refractivity (Wildman–Crippen MR) is 89.4 cm³/mol. The van der Waals surface area contributed by atoms with Crippen molar-refractivity contribution in [2.24, 2.45) is 0 Å². The molecular weight excluding hydrogens is 259 g/mol. The molecule has 21 heavy (non-hydrogen) atoms. The van der Waals surface area contributed by atoms with E-state index in [2.05, 4.69) is 64.6 Å². The third kappa shape index (κ3) is 3.78. The smallest absolute Gasteiger partial charge is 0.403 e. The Kier molecular flexibility index (Phi) is 4.95. The first-order valence-corrected chi connectivity index (χ1v) is 7.86. The zero-order chi connectivity index (χ0) is 15.5. The van der Waals surface area contributed by atoms with Gasteiger partial charge in [0.05, 0.1) is 11.2 Å². The van der Waals surface area contributed by atoms with Crippen LogP contribution in [-0.2, 0) is 15.7 Å². The van der Waals surface area contributed by atoms with Gasteiger partial charge in [0.1, 0.15) is 0 Å². The highest BCUT2D eigenvalue weighted by molar-refractivity contribution is 6.47. The third-order valence-electron chi connectivity index (χ3n) is 4.77. The van der Waals surface area contributed by atoms with Crippen LogP contribution in [0.4, 0.5) is 0 Å². The second kappa shape index (κ2) is 6.37. The van der Waals surface area contributed by atoms with Gasteiger partial charge in [0.15, 0.2) is 0 Å². The van der Waals surface area contributed by atoms with E-state index in [9.17, 15) is 0 Å². The Labute approximate surface area is 129 Å². The van der Waals surface area contributed by atoms with E-state index >= 15 is 0 Å². The van der Waals surface area contributed by atoms with Crippen molar-refractivity contribution in [3.63, 3.8) is 0 Å². The van der Waals surface area contributed by atoms with Crippen molar-refractivity contribution in [2.75, 3.05) is 0 Å². The molecular formula is C18H27BO2. The highest BCUT2D eigenvalue weighted by Crippen LogP contribution is 2.42. The normalized spacial score (nSPS) is 21.2. The summed E-state index contributed by atoms with van der Waals surface area (Å²) in [6.45, 7) is 12.3. The van der Waals surface area contributed by atoms with Gasteiger partial charge in [-0.25, -0.2) is 0 Å². The summed E-state index contributed by atoms with van der Waals surface area (Å²) < 4.78 is 12.4. The fourth-order valence-corrected chi connectivity index (χ4v) is 2.66. The minimum atomic E-state index is -0.260. The van der Waals surface area contributed by atoms with Gasteiger partial charge in [0.2, 0.25) is 0 Å². The number of rotatable bonds is 6.